The van der Waals surface area contributed by atoms with Gasteiger partial charge in [-0.25, -0.2) is 0 Å². The van der Waals surface area contributed by atoms with E-state index < -0.39 is 0 Å². The molecule has 1 aromatic rings. The van der Waals surface area contributed by atoms with Crippen LogP contribution < -0.4 is 10.1 Å². The summed E-state index contributed by atoms with van der Waals surface area (Å²) in [7, 11) is 1.71. The zero-order valence-corrected chi connectivity index (χ0v) is 12.7. The molecule has 1 fully saturated rings. The van der Waals surface area contributed by atoms with E-state index >= 15 is 0 Å². The van der Waals surface area contributed by atoms with Crippen LogP contribution in [0.2, 0.25) is 0 Å². The number of benzene rings is 1. The molecule has 0 saturated carbocycles. The first-order valence-electron chi connectivity index (χ1n) is 6.48. The van der Waals surface area contributed by atoms with Crippen molar-refractivity contribution in [2.75, 3.05) is 26.7 Å². The van der Waals surface area contributed by atoms with Crippen LogP contribution in [-0.2, 0) is 6.54 Å². The number of halogens is 1. The van der Waals surface area contributed by atoms with Crippen molar-refractivity contribution in [3.05, 3.63) is 28.2 Å². The first kappa shape index (κ1) is 13.8. The van der Waals surface area contributed by atoms with E-state index in [1.165, 1.54) is 12.0 Å². The molecule has 0 aliphatic carbocycles. The van der Waals surface area contributed by atoms with Crippen molar-refractivity contribution in [3.63, 3.8) is 0 Å². The number of nitrogens with zero attached hydrogens (tertiary/aromatic N) is 1. The third kappa shape index (κ3) is 3.46. The van der Waals surface area contributed by atoms with Crippen LogP contribution in [0.15, 0.2) is 22.7 Å². The van der Waals surface area contributed by atoms with Gasteiger partial charge < -0.3 is 10.1 Å². The average Bonchev–Trinajstić information content (AvgIpc) is 2.58. The Kier molecular flexibility index (Phi) is 5.03. The van der Waals surface area contributed by atoms with Crippen LogP contribution >= 0.6 is 15.9 Å². The lowest BCUT2D eigenvalue weighted by molar-refractivity contribution is 0.211. The van der Waals surface area contributed by atoms with Gasteiger partial charge in [0.1, 0.15) is 5.75 Å². The van der Waals surface area contributed by atoms with E-state index in [0.29, 0.717) is 6.04 Å². The molecular formula is C14H21BrN2O. The van der Waals surface area contributed by atoms with Gasteiger partial charge in [0.2, 0.25) is 0 Å². The summed E-state index contributed by atoms with van der Waals surface area (Å²) in [6, 6.07) is 6.79. The average molecular weight is 313 g/mol. The monoisotopic (exact) mass is 312 g/mol. The van der Waals surface area contributed by atoms with Crippen molar-refractivity contribution in [1.29, 1.82) is 0 Å². The van der Waals surface area contributed by atoms with Crippen molar-refractivity contribution in [2.45, 2.75) is 25.9 Å². The summed E-state index contributed by atoms with van der Waals surface area (Å²) < 4.78 is 6.46. The minimum Gasteiger partial charge on any atom is -0.497 e. The third-order valence-electron chi connectivity index (χ3n) is 3.56. The summed E-state index contributed by atoms with van der Waals surface area (Å²) in [6.45, 7) is 6.58. The molecule has 0 spiro atoms. The molecule has 3 nitrogen and oxygen atoms in total. The van der Waals surface area contributed by atoms with Gasteiger partial charge in [-0.15, -0.1) is 0 Å². The number of ether oxygens (including phenoxy) is 1. The van der Waals surface area contributed by atoms with Crippen LogP contribution in [0.4, 0.5) is 0 Å². The van der Waals surface area contributed by atoms with E-state index in [4.69, 9.17) is 4.74 Å². The van der Waals surface area contributed by atoms with Gasteiger partial charge in [0, 0.05) is 30.1 Å². The Morgan fingerprint density at radius 2 is 2.28 bits per heavy atom. The van der Waals surface area contributed by atoms with Gasteiger partial charge in [-0.1, -0.05) is 15.9 Å². The number of rotatable bonds is 3. The van der Waals surface area contributed by atoms with E-state index in [-0.39, 0.29) is 0 Å². The first-order valence-corrected chi connectivity index (χ1v) is 7.27. The normalized spacial score (nSPS) is 21.6. The van der Waals surface area contributed by atoms with E-state index in [1.807, 2.05) is 6.07 Å². The SMILES string of the molecule is COc1ccc(Br)c(CN2CCNCCC2C)c1. The largest absolute Gasteiger partial charge is 0.497 e. The highest BCUT2D eigenvalue weighted by atomic mass is 79.9. The summed E-state index contributed by atoms with van der Waals surface area (Å²) in [5.74, 6) is 0.925. The second kappa shape index (κ2) is 6.55. The van der Waals surface area contributed by atoms with Gasteiger partial charge in [-0.05, 0) is 43.7 Å². The molecule has 0 bridgehead atoms. The fourth-order valence-electron chi connectivity index (χ4n) is 2.31. The molecule has 2 rings (SSSR count). The smallest absolute Gasteiger partial charge is 0.119 e. The quantitative estimate of drug-likeness (QED) is 0.928. The summed E-state index contributed by atoms with van der Waals surface area (Å²) in [5.41, 5.74) is 1.29. The highest BCUT2D eigenvalue weighted by Gasteiger charge is 2.17. The van der Waals surface area contributed by atoms with Gasteiger partial charge in [-0.2, -0.15) is 0 Å². The van der Waals surface area contributed by atoms with E-state index in [9.17, 15) is 0 Å². The Labute approximate surface area is 118 Å². The van der Waals surface area contributed by atoms with E-state index in [0.717, 1.165) is 36.4 Å². The fraction of sp³-hybridized carbons (Fsp3) is 0.571. The maximum absolute atomic E-state index is 5.30. The fourth-order valence-corrected chi connectivity index (χ4v) is 2.69. The molecule has 1 aliphatic rings. The van der Waals surface area contributed by atoms with Crippen LogP contribution in [-0.4, -0.2) is 37.7 Å². The van der Waals surface area contributed by atoms with Crippen molar-refractivity contribution in [3.8, 4) is 5.75 Å². The topological polar surface area (TPSA) is 24.5 Å². The number of nitrogens with one attached hydrogen (secondary N) is 1. The van der Waals surface area contributed by atoms with Gasteiger partial charge in [0.15, 0.2) is 0 Å². The molecule has 1 aromatic carbocycles. The second-order valence-electron chi connectivity index (χ2n) is 4.82. The molecule has 18 heavy (non-hydrogen) atoms. The Morgan fingerprint density at radius 1 is 1.44 bits per heavy atom. The lowest BCUT2D eigenvalue weighted by Crippen LogP contribution is -2.33. The Bertz CT molecular complexity index is 397. The Balaban J connectivity index is 2.11. The molecule has 1 aliphatic heterocycles. The minimum atomic E-state index is 0.623. The summed E-state index contributed by atoms with van der Waals surface area (Å²) in [5, 5.41) is 3.45. The molecule has 100 valence electrons. The minimum absolute atomic E-state index is 0.623. The number of hydrogen-bond donors (Lipinski definition) is 1. The lowest BCUT2D eigenvalue weighted by Gasteiger charge is -2.27. The van der Waals surface area contributed by atoms with Crippen molar-refractivity contribution in [1.82, 2.24) is 10.2 Å². The lowest BCUT2D eigenvalue weighted by atomic mass is 10.1. The van der Waals surface area contributed by atoms with E-state index in [2.05, 4.69) is 45.2 Å². The molecule has 1 unspecified atom stereocenters. The molecule has 1 heterocycles. The molecule has 0 radical (unpaired) electrons. The zero-order valence-electron chi connectivity index (χ0n) is 11.1. The summed E-state index contributed by atoms with van der Waals surface area (Å²) >= 11 is 3.63. The molecule has 1 N–H and O–H groups in total. The molecule has 4 heteroatoms. The predicted octanol–water partition coefficient (Wildman–Crippen LogP) is 2.64. The van der Waals surface area contributed by atoms with E-state index in [1.54, 1.807) is 7.11 Å². The Morgan fingerprint density at radius 3 is 3.06 bits per heavy atom. The maximum atomic E-state index is 5.30. The van der Waals surface area contributed by atoms with Gasteiger partial charge >= 0.3 is 0 Å². The number of hydrogen-bond acceptors (Lipinski definition) is 3. The molecular weight excluding hydrogens is 292 g/mol. The zero-order chi connectivity index (χ0) is 13.0. The second-order valence-corrected chi connectivity index (χ2v) is 5.67. The Hall–Kier alpha value is -0.580. The molecule has 0 amide bonds. The maximum Gasteiger partial charge on any atom is 0.119 e. The number of methoxy groups -OCH3 is 1. The standard InChI is InChI=1S/C14H21BrN2O/c1-11-5-6-16-7-8-17(11)10-12-9-13(18-2)3-4-14(12)15/h3-4,9,11,16H,5-8,10H2,1-2H3. The van der Waals surface area contributed by atoms with Gasteiger partial charge in [-0.3, -0.25) is 4.90 Å². The van der Waals surface area contributed by atoms with Crippen molar-refractivity contribution < 1.29 is 4.74 Å². The summed E-state index contributed by atoms with van der Waals surface area (Å²) in [4.78, 5) is 2.53. The highest BCUT2D eigenvalue weighted by Crippen LogP contribution is 2.24. The van der Waals surface area contributed by atoms with Crippen LogP contribution in [0.3, 0.4) is 0 Å². The van der Waals surface area contributed by atoms with Gasteiger partial charge in [0.25, 0.3) is 0 Å². The van der Waals surface area contributed by atoms with Crippen LogP contribution in [0.1, 0.15) is 18.9 Å². The van der Waals surface area contributed by atoms with Crippen LogP contribution in [0.5, 0.6) is 5.75 Å². The highest BCUT2D eigenvalue weighted by molar-refractivity contribution is 9.10. The van der Waals surface area contributed by atoms with Crippen LogP contribution in [0.25, 0.3) is 0 Å². The first-order chi connectivity index (χ1) is 8.70. The van der Waals surface area contributed by atoms with Crippen molar-refractivity contribution >= 4 is 15.9 Å². The molecule has 0 aromatic heterocycles. The molecule has 1 atom stereocenters. The molecule has 1 saturated heterocycles. The van der Waals surface area contributed by atoms with Crippen molar-refractivity contribution in [2.24, 2.45) is 0 Å². The van der Waals surface area contributed by atoms with Gasteiger partial charge in [0.05, 0.1) is 7.11 Å². The third-order valence-corrected chi connectivity index (χ3v) is 4.34. The summed E-state index contributed by atoms with van der Waals surface area (Å²) in [6.07, 6.45) is 1.21. The predicted molar refractivity (Wildman–Crippen MR) is 78.1 cm³/mol. The van der Waals surface area contributed by atoms with Crippen LogP contribution in [0, 0.1) is 0 Å².